The molecule has 28 heavy (non-hydrogen) atoms. The van der Waals surface area contributed by atoms with Crippen molar-refractivity contribution in [3.05, 3.63) is 76.9 Å². The van der Waals surface area contributed by atoms with E-state index in [0.717, 1.165) is 22.4 Å². The maximum absolute atomic E-state index is 13.1. The number of carbonyl (C=O) groups is 1. The second kappa shape index (κ2) is 9.03. The molecule has 2 N–H and O–H groups in total. The van der Waals surface area contributed by atoms with Gasteiger partial charge < -0.3 is 15.0 Å². The minimum absolute atomic E-state index is 0.128. The second-order valence-electron chi connectivity index (χ2n) is 6.64. The summed E-state index contributed by atoms with van der Waals surface area (Å²) in [5.41, 5.74) is 4.38. The third-order valence-corrected chi connectivity index (χ3v) is 5.05. The number of thioether (sulfide) groups is 1. The molecule has 0 saturated carbocycles. The van der Waals surface area contributed by atoms with E-state index in [-0.39, 0.29) is 24.1 Å². The number of aromatic nitrogens is 2. The van der Waals surface area contributed by atoms with Crippen molar-refractivity contribution in [2.24, 2.45) is 0 Å². The average molecular weight is 399 g/mol. The standard InChI is InChI=1S/C21H22FN3O2S/c1-14-7-15(2)9-18(8-14)23-20(27)13-28-21-24-19(12-26)11-25(21)10-16-3-5-17(22)6-4-16/h3-9,11,26H,10,12-13H2,1-2H3,(H,23,27). The van der Waals surface area contributed by atoms with Gasteiger partial charge >= 0.3 is 0 Å². The van der Waals surface area contributed by atoms with E-state index in [4.69, 9.17) is 0 Å². The van der Waals surface area contributed by atoms with E-state index in [1.54, 1.807) is 18.3 Å². The number of aryl methyl sites for hydroxylation is 2. The first-order valence-electron chi connectivity index (χ1n) is 8.85. The van der Waals surface area contributed by atoms with Crippen LogP contribution >= 0.6 is 11.8 Å². The van der Waals surface area contributed by atoms with Crippen molar-refractivity contribution in [2.45, 2.75) is 32.2 Å². The van der Waals surface area contributed by atoms with E-state index in [0.29, 0.717) is 17.4 Å². The molecule has 0 saturated heterocycles. The molecule has 146 valence electrons. The second-order valence-corrected chi connectivity index (χ2v) is 7.58. The highest BCUT2D eigenvalue weighted by Gasteiger charge is 2.12. The number of aliphatic hydroxyl groups excluding tert-OH is 1. The van der Waals surface area contributed by atoms with Gasteiger partial charge in [0, 0.05) is 18.4 Å². The molecule has 3 aromatic rings. The van der Waals surface area contributed by atoms with E-state index in [1.165, 1.54) is 23.9 Å². The number of aliphatic hydroxyl groups is 1. The van der Waals surface area contributed by atoms with E-state index in [2.05, 4.69) is 10.3 Å². The number of amides is 1. The predicted molar refractivity (Wildman–Crippen MR) is 109 cm³/mol. The van der Waals surface area contributed by atoms with Crippen molar-refractivity contribution in [3.8, 4) is 0 Å². The van der Waals surface area contributed by atoms with Crippen molar-refractivity contribution in [1.29, 1.82) is 0 Å². The number of rotatable bonds is 7. The summed E-state index contributed by atoms with van der Waals surface area (Å²) in [7, 11) is 0. The first-order valence-corrected chi connectivity index (χ1v) is 9.84. The number of halogens is 1. The van der Waals surface area contributed by atoms with Crippen molar-refractivity contribution in [2.75, 3.05) is 11.1 Å². The fourth-order valence-electron chi connectivity index (χ4n) is 2.92. The molecule has 0 unspecified atom stereocenters. The highest BCUT2D eigenvalue weighted by molar-refractivity contribution is 7.99. The number of nitrogens with zero attached hydrogens (tertiary/aromatic N) is 2. The van der Waals surface area contributed by atoms with Gasteiger partial charge in [-0.15, -0.1) is 0 Å². The van der Waals surface area contributed by atoms with Crippen molar-refractivity contribution >= 4 is 23.4 Å². The van der Waals surface area contributed by atoms with Gasteiger partial charge in [0.25, 0.3) is 0 Å². The quantitative estimate of drug-likeness (QED) is 0.591. The lowest BCUT2D eigenvalue weighted by Crippen LogP contribution is -2.15. The maximum Gasteiger partial charge on any atom is 0.234 e. The van der Waals surface area contributed by atoms with Gasteiger partial charge in [0.15, 0.2) is 5.16 Å². The Bertz CT molecular complexity index is 950. The average Bonchev–Trinajstić information content (AvgIpc) is 3.03. The Morgan fingerprint density at radius 1 is 1.18 bits per heavy atom. The van der Waals surface area contributed by atoms with Gasteiger partial charge in [-0.3, -0.25) is 4.79 Å². The Labute approximate surface area is 167 Å². The van der Waals surface area contributed by atoms with Crippen molar-refractivity contribution in [3.63, 3.8) is 0 Å². The van der Waals surface area contributed by atoms with Gasteiger partial charge in [0.2, 0.25) is 5.91 Å². The van der Waals surface area contributed by atoms with Crippen LogP contribution in [0.3, 0.4) is 0 Å². The summed E-state index contributed by atoms with van der Waals surface area (Å²) < 4.78 is 15.0. The highest BCUT2D eigenvalue weighted by Crippen LogP contribution is 2.21. The minimum atomic E-state index is -0.289. The molecule has 0 radical (unpaired) electrons. The van der Waals surface area contributed by atoms with E-state index in [1.807, 2.05) is 36.6 Å². The predicted octanol–water partition coefficient (Wildman–Crippen LogP) is 3.91. The highest BCUT2D eigenvalue weighted by atomic mass is 32.2. The molecule has 3 rings (SSSR count). The van der Waals surface area contributed by atoms with Crippen LogP contribution in [-0.4, -0.2) is 26.3 Å². The number of carbonyl (C=O) groups excluding carboxylic acids is 1. The van der Waals surface area contributed by atoms with Gasteiger partial charge in [-0.25, -0.2) is 9.37 Å². The fraction of sp³-hybridized carbons (Fsp3) is 0.238. The van der Waals surface area contributed by atoms with Crippen LogP contribution in [0.15, 0.2) is 53.8 Å². The van der Waals surface area contributed by atoms with Crippen LogP contribution in [0.25, 0.3) is 0 Å². The molecule has 1 aromatic heterocycles. The molecule has 0 bridgehead atoms. The van der Waals surface area contributed by atoms with Crippen LogP contribution in [0.4, 0.5) is 10.1 Å². The molecule has 1 amide bonds. The molecule has 7 heteroatoms. The van der Waals surface area contributed by atoms with Crippen molar-refractivity contribution < 1.29 is 14.3 Å². The first kappa shape index (κ1) is 20.1. The van der Waals surface area contributed by atoms with Crippen LogP contribution in [0.1, 0.15) is 22.4 Å². The summed E-state index contributed by atoms with van der Waals surface area (Å²) in [4.78, 5) is 16.7. The van der Waals surface area contributed by atoms with Gasteiger partial charge in [-0.2, -0.15) is 0 Å². The largest absolute Gasteiger partial charge is 0.390 e. The normalized spacial score (nSPS) is 10.9. The summed E-state index contributed by atoms with van der Waals surface area (Å²) in [5.74, 6) is -0.224. The third-order valence-electron chi connectivity index (χ3n) is 4.06. The molecule has 0 fully saturated rings. The molecular formula is C21H22FN3O2S. The number of anilines is 1. The summed E-state index contributed by atoms with van der Waals surface area (Å²) in [6, 6.07) is 12.1. The maximum atomic E-state index is 13.1. The lowest BCUT2D eigenvalue weighted by atomic mass is 10.1. The summed E-state index contributed by atoms with van der Waals surface area (Å²) in [6.07, 6.45) is 1.74. The number of benzene rings is 2. The summed E-state index contributed by atoms with van der Waals surface area (Å²) in [5, 5.41) is 12.9. The Morgan fingerprint density at radius 3 is 2.50 bits per heavy atom. The summed E-state index contributed by atoms with van der Waals surface area (Å²) in [6.45, 7) is 4.27. The lowest BCUT2D eigenvalue weighted by molar-refractivity contribution is -0.113. The molecule has 0 aliphatic carbocycles. The Hall–Kier alpha value is -2.64. The Kier molecular flexibility index (Phi) is 6.49. The zero-order valence-electron chi connectivity index (χ0n) is 15.8. The van der Waals surface area contributed by atoms with Gasteiger partial charge in [-0.05, 0) is 54.8 Å². The van der Waals surface area contributed by atoms with E-state index >= 15 is 0 Å². The topological polar surface area (TPSA) is 67.2 Å². The molecule has 0 aliphatic heterocycles. The summed E-state index contributed by atoms with van der Waals surface area (Å²) >= 11 is 1.30. The minimum Gasteiger partial charge on any atom is -0.390 e. The van der Waals surface area contributed by atoms with Gasteiger partial charge in [0.05, 0.1) is 18.1 Å². The van der Waals surface area contributed by atoms with Crippen LogP contribution in [0.5, 0.6) is 0 Å². The van der Waals surface area contributed by atoms with Gasteiger partial charge in [0.1, 0.15) is 5.82 Å². The smallest absolute Gasteiger partial charge is 0.234 e. The number of imidazole rings is 1. The molecule has 0 spiro atoms. The van der Waals surface area contributed by atoms with Crippen LogP contribution in [-0.2, 0) is 17.9 Å². The zero-order valence-corrected chi connectivity index (χ0v) is 16.6. The van der Waals surface area contributed by atoms with Crippen LogP contribution in [0.2, 0.25) is 0 Å². The van der Waals surface area contributed by atoms with Crippen LogP contribution < -0.4 is 5.32 Å². The Balaban J connectivity index is 1.66. The van der Waals surface area contributed by atoms with E-state index in [9.17, 15) is 14.3 Å². The van der Waals surface area contributed by atoms with Crippen LogP contribution in [0, 0.1) is 19.7 Å². The lowest BCUT2D eigenvalue weighted by Gasteiger charge is -2.09. The zero-order chi connectivity index (χ0) is 20.1. The molecule has 0 aliphatic rings. The number of nitrogens with one attached hydrogen (secondary N) is 1. The fourth-order valence-corrected chi connectivity index (χ4v) is 3.71. The Morgan fingerprint density at radius 2 is 1.86 bits per heavy atom. The SMILES string of the molecule is Cc1cc(C)cc(NC(=O)CSc2nc(CO)cn2Cc2ccc(F)cc2)c1. The van der Waals surface area contributed by atoms with Gasteiger partial charge in [-0.1, -0.05) is 30.0 Å². The van der Waals surface area contributed by atoms with Crippen molar-refractivity contribution in [1.82, 2.24) is 9.55 Å². The number of hydrogen-bond donors (Lipinski definition) is 2. The molecule has 0 atom stereocenters. The monoisotopic (exact) mass is 399 g/mol. The molecule has 2 aromatic carbocycles. The molecule has 5 nitrogen and oxygen atoms in total. The van der Waals surface area contributed by atoms with E-state index < -0.39 is 0 Å². The molecular weight excluding hydrogens is 377 g/mol. The third kappa shape index (κ3) is 5.43. The molecule has 1 heterocycles. The number of hydrogen-bond acceptors (Lipinski definition) is 4. The first-order chi connectivity index (χ1) is 13.4.